The van der Waals surface area contributed by atoms with Crippen molar-refractivity contribution >= 4 is 11.7 Å². The average molecular weight is 402 g/mol. The number of carbonyl (C=O) groups is 1. The minimum Gasteiger partial charge on any atom is -0.486 e. The number of hydrogen-bond donors (Lipinski definition) is 0. The van der Waals surface area contributed by atoms with E-state index in [1.165, 1.54) is 0 Å². The molecule has 6 rings (SSSR count). The number of ether oxygens (including phenoxy) is 2. The van der Waals surface area contributed by atoms with Crippen LogP contribution in [0.1, 0.15) is 48.7 Å². The highest BCUT2D eigenvalue weighted by Gasteiger charge is 2.49. The van der Waals surface area contributed by atoms with Crippen molar-refractivity contribution in [3.05, 3.63) is 53.9 Å². The lowest BCUT2D eigenvalue weighted by Crippen LogP contribution is -2.31. The van der Waals surface area contributed by atoms with Gasteiger partial charge in [0.15, 0.2) is 17.3 Å². The summed E-state index contributed by atoms with van der Waals surface area (Å²) < 4.78 is 14.1. The van der Waals surface area contributed by atoms with Gasteiger partial charge in [0.2, 0.25) is 0 Å². The predicted molar refractivity (Wildman–Crippen MR) is 111 cm³/mol. The lowest BCUT2D eigenvalue weighted by atomic mass is 10.1. The Kier molecular flexibility index (Phi) is 3.54. The second kappa shape index (κ2) is 6.08. The molecule has 2 aliphatic heterocycles. The Morgan fingerprint density at radius 1 is 1.17 bits per heavy atom. The minimum absolute atomic E-state index is 0.0660. The van der Waals surface area contributed by atoms with Gasteiger partial charge < -0.3 is 14.0 Å². The van der Waals surface area contributed by atoms with Crippen LogP contribution in [0.3, 0.4) is 0 Å². The van der Waals surface area contributed by atoms with Crippen molar-refractivity contribution in [3.63, 3.8) is 0 Å². The molecule has 0 atom stereocenters. The van der Waals surface area contributed by atoms with E-state index in [0.29, 0.717) is 30.3 Å². The zero-order valence-electron chi connectivity index (χ0n) is 17.0. The SMILES string of the molecule is CC(C)n1ccnc1-c1cccc(N2Cc3cc4c(cc3C2=O)OC2(CC2)CO4)n1. The third-order valence-electron chi connectivity index (χ3n) is 6.06. The number of rotatable bonds is 3. The molecule has 1 saturated carbocycles. The first-order chi connectivity index (χ1) is 14.5. The molecule has 0 radical (unpaired) electrons. The summed E-state index contributed by atoms with van der Waals surface area (Å²) in [4.78, 5) is 24.1. The molecule has 30 heavy (non-hydrogen) atoms. The zero-order chi connectivity index (χ0) is 20.5. The number of carbonyl (C=O) groups excluding carboxylic acids is 1. The molecule has 7 nitrogen and oxygen atoms in total. The molecule has 7 heteroatoms. The standard InChI is InChI=1S/C23H22N4O3/c1-14(2)26-9-8-24-21(26)17-4-3-5-20(25-17)27-12-15-10-18-19(11-16(15)22(27)28)30-23(6-7-23)13-29-18/h3-5,8-11,14H,6-7,12-13H2,1-2H3. The summed E-state index contributed by atoms with van der Waals surface area (Å²) >= 11 is 0. The van der Waals surface area contributed by atoms with E-state index in [-0.39, 0.29) is 17.6 Å². The fourth-order valence-corrected chi connectivity index (χ4v) is 4.18. The number of benzene rings is 1. The number of hydrogen-bond acceptors (Lipinski definition) is 5. The van der Waals surface area contributed by atoms with Gasteiger partial charge in [-0.25, -0.2) is 9.97 Å². The van der Waals surface area contributed by atoms with E-state index in [9.17, 15) is 4.79 Å². The molecular formula is C23H22N4O3. The highest BCUT2D eigenvalue weighted by Crippen LogP contribution is 2.48. The van der Waals surface area contributed by atoms with Crippen molar-refractivity contribution in [3.8, 4) is 23.0 Å². The maximum absolute atomic E-state index is 13.2. The second-order valence-corrected chi connectivity index (χ2v) is 8.55. The Bertz CT molecular complexity index is 1180. The fourth-order valence-electron chi connectivity index (χ4n) is 4.18. The molecule has 2 aromatic heterocycles. The van der Waals surface area contributed by atoms with Crippen LogP contribution in [-0.2, 0) is 6.54 Å². The Hall–Kier alpha value is -3.35. The molecule has 0 unspecified atom stereocenters. The first-order valence-electron chi connectivity index (χ1n) is 10.3. The van der Waals surface area contributed by atoms with Gasteiger partial charge in [0.25, 0.3) is 5.91 Å². The minimum atomic E-state index is -0.170. The summed E-state index contributed by atoms with van der Waals surface area (Å²) in [5.74, 6) is 2.74. The number of aromatic nitrogens is 3. The molecule has 152 valence electrons. The molecule has 1 amide bonds. The second-order valence-electron chi connectivity index (χ2n) is 8.55. The van der Waals surface area contributed by atoms with Crippen molar-refractivity contribution in [2.75, 3.05) is 11.5 Å². The highest BCUT2D eigenvalue weighted by atomic mass is 16.6. The van der Waals surface area contributed by atoms with Gasteiger partial charge in [-0.2, -0.15) is 0 Å². The Labute approximate surface area is 174 Å². The predicted octanol–water partition coefficient (Wildman–Crippen LogP) is 3.99. The third-order valence-corrected chi connectivity index (χ3v) is 6.06. The van der Waals surface area contributed by atoms with Crippen LogP contribution in [0, 0.1) is 0 Å². The van der Waals surface area contributed by atoms with E-state index < -0.39 is 0 Å². The van der Waals surface area contributed by atoms with Crippen LogP contribution in [0.15, 0.2) is 42.7 Å². The van der Waals surface area contributed by atoms with Crippen LogP contribution in [0.4, 0.5) is 5.82 Å². The maximum Gasteiger partial charge on any atom is 0.260 e. The van der Waals surface area contributed by atoms with E-state index in [4.69, 9.17) is 14.5 Å². The lowest BCUT2D eigenvalue weighted by molar-refractivity contribution is 0.0714. The average Bonchev–Trinajstić information content (AvgIpc) is 3.18. The van der Waals surface area contributed by atoms with E-state index in [0.717, 1.165) is 35.7 Å². The molecule has 0 saturated heterocycles. The van der Waals surface area contributed by atoms with Crippen LogP contribution < -0.4 is 14.4 Å². The summed E-state index contributed by atoms with van der Waals surface area (Å²) in [5.41, 5.74) is 2.17. The number of pyridine rings is 1. The van der Waals surface area contributed by atoms with Crippen molar-refractivity contribution in [1.29, 1.82) is 0 Å². The van der Waals surface area contributed by atoms with Crippen molar-refractivity contribution in [2.24, 2.45) is 0 Å². The van der Waals surface area contributed by atoms with Gasteiger partial charge in [-0.05, 0) is 56.5 Å². The molecule has 1 aliphatic carbocycles. The number of amides is 1. The molecule has 1 fully saturated rings. The van der Waals surface area contributed by atoms with Crippen LogP contribution in [0.2, 0.25) is 0 Å². The number of fused-ring (bicyclic) bond motifs is 2. The lowest BCUT2D eigenvalue weighted by Gasteiger charge is -2.26. The molecule has 1 spiro atoms. The summed E-state index contributed by atoms with van der Waals surface area (Å²) in [6, 6.07) is 9.75. The normalized spacial score (nSPS) is 18.2. The Morgan fingerprint density at radius 3 is 2.83 bits per heavy atom. The summed E-state index contributed by atoms with van der Waals surface area (Å²) in [6.07, 6.45) is 5.74. The van der Waals surface area contributed by atoms with Gasteiger partial charge in [-0.15, -0.1) is 0 Å². The Balaban J connectivity index is 1.34. The molecular weight excluding hydrogens is 380 g/mol. The van der Waals surface area contributed by atoms with E-state index in [2.05, 4.69) is 23.4 Å². The van der Waals surface area contributed by atoms with E-state index >= 15 is 0 Å². The molecule has 3 aromatic rings. The van der Waals surface area contributed by atoms with Crippen LogP contribution >= 0.6 is 0 Å². The highest BCUT2D eigenvalue weighted by molar-refractivity contribution is 6.10. The topological polar surface area (TPSA) is 69.5 Å². The zero-order valence-corrected chi connectivity index (χ0v) is 17.0. The Morgan fingerprint density at radius 2 is 2.03 bits per heavy atom. The molecule has 3 aliphatic rings. The quantitative estimate of drug-likeness (QED) is 0.663. The largest absolute Gasteiger partial charge is 0.486 e. The van der Waals surface area contributed by atoms with Gasteiger partial charge in [0, 0.05) is 24.0 Å². The van der Waals surface area contributed by atoms with Gasteiger partial charge in [0.05, 0.1) is 6.54 Å². The number of nitrogens with zero attached hydrogens (tertiary/aromatic N) is 4. The summed E-state index contributed by atoms with van der Waals surface area (Å²) in [7, 11) is 0. The van der Waals surface area contributed by atoms with Crippen molar-refractivity contribution < 1.29 is 14.3 Å². The fraction of sp³-hybridized carbons (Fsp3) is 0.348. The molecule has 0 bridgehead atoms. The van der Waals surface area contributed by atoms with Crippen LogP contribution in [0.25, 0.3) is 11.5 Å². The van der Waals surface area contributed by atoms with Crippen molar-refractivity contribution in [2.45, 2.75) is 44.9 Å². The molecule has 0 N–H and O–H groups in total. The summed E-state index contributed by atoms with van der Waals surface area (Å²) in [5, 5.41) is 0. The maximum atomic E-state index is 13.2. The molecule has 1 aromatic carbocycles. The van der Waals surface area contributed by atoms with Gasteiger partial charge in [0.1, 0.15) is 23.7 Å². The third kappa shape index (κ3) is 2.61. The van der Waals surface area contributed by atoms with Crippen molar-refractivity contribution in [1.82, 2.24) is 14.5 Å². The van der Waals surface area contributed by atoms with Gasteiger partial charge >= 0.3 is 0 Å². The van der Waals surface area contributed by atoms with E-state index in [1.807, 2.05) is 36.5 Å². The van der Waals surface area contributed by atoms with Crippen LogP contribution in [0.5, 0.6) is 11.5 Å². The summed E-state index contributed by atoms with van der Waals surface area (Å²) in [6.45, 7) is 5.26. The van der Waals surface area contributed by atoms with E-state index in [1.54, 1.807) is 11.1 Å². The van der Waals surface area contributed by atoms with Gasteiger partial charge in [-0.3, -0.25) is 9.69 Å². The monoisotopic (exact) mass is 402 g/mol. The number of imidazole rings is 1. The first kappa shape index (κ1) is 17.5. The van der Waals surface area contributed by atoms with Gasteiger partial charge in [-0.1, -0.05) is 6.07 Å². The first-order valence-corrected chi connectivity index (χ1v) is 10.3. The smallest absolute Gasteiger partial charge is 0.260 e. The molecule has 4 heterocycles. The number of anilines is 1. The van der Waals surface area contributed by atoms with Crippen LogP contribution in [-0.4, -0.2) is 32.7 Å².